The Labute approximate surface area is 164 Å². The number of nitrogens with one attached hydrogen (secondary N) is 2. The number of rotatable bonds is 7. The summed E-state index contributed by atoms with van der Waals surface area (Å²) >= 11 is 0. The predicted molar refractivity (Wildman–Crippen MR) is 103 cm³/mol. The Hall–Kier alpha value is -2.86. The van der Waals surface area contributed by atoms with E-state index in [2.05, 4.69) is 26.1 Å². The average Bonchev–Trinajstić information content (AvgIpc) is 3.32. The summed E-state index contributed by atoms with van der Waals surface area (Å²) in [4.78, 5) is 13.4. The smallest absolute Gasteiger partial charge is 0.287 e. The third-order valence-corrected chi connectivity index (χ3v) is 4.70. The van der Waals surface area contributed by atoms with Gasteiger partial charge < -0.3 is 19.1 Å². The zero-order valence-corrected chi connectivity index (χ0v) is 16.4. The second-order valence-electron chi connectivity index (χ2n) is 7.83. The van der Waals surface area contributed by atoms with Gasteiger partial charge in [-0.05, 0) is 51.1 Å². The van der Waals surface area contributed by atoms with Gasteiger partial charge in [0, 0.05) is 5.56 Å². The number of quaternary nitrogens is 1. The summed E-state index contributed by atoms with van der Waals surface area (Å²) in [5.41, 5.74) is 0.534. The molecule has 0 saturated carbocycles. The van der Waals surface area contributed by atoms with Gasteiger partial charge in [0.05, 0.1) is 18.3 Å². The lowest BCUT2D eigenvalue weighted by molar-refractivity contribution is -0.973. The lowest BCUT2D eigenvalue weighted by atomic mass is 10.0. The molecule has 0 fully saturated rings. The first kappa shape index (κ1) is 19.9. The Bertz CT molecular complexity index is 910. The minimum absolute atomic E-state index is 0.128. The van der Waals surface area contributed by atoms with Crippen molar-refractivity contribution in [3.63, 3.8) is 0 Å². The Morgan fingerprint density at radius 1 is 1.04 bits per heavy atom. The number of hydrogen-bond donors (Lipinski definition) is 2. The molecule has 0 radical (unpaired) electrons. The fraction of sp³-hybridized carbons (Fsp3) is 0.318. The van der Waals surface area contributed by atoms with Crippen LogP contribution in [-0.2, 0) is 19.6 Å². The van der Waals surface area contributed by atoms with Gasteiger partial charge in [0.2, 0.25) is 0 Å². The van der Waals surface area contributed by atoms with Gasteiger partial charge in [-0.3, -0.25) is 4.79 Å². The Morgan fingerprint density at radius 2 is 1.82 bits per heavy atom. The molecule has 0 spiro atoms. The van der Waals surface area contributed by atoms with Crippen LogP contribution in [0, 0.1) is 5.82 Å². The second-order valence-corrected chi connectivity index (χ2v) is 7.83. The highest BCUT2D eigenvalue weighted by molar-refractivity contribution is 5.91. The number of hydrogen-bond acceptors (Lipinski definition) is 3. The Morgan fingerprint density at radius 3 is 2.50 bits per heavy atom. The number of carbonyl (C=O) groups excluding carboxylic acids is 1. The van der Waals surface area contributed by atoms with E-state index in [1.54, 1.807) is 42.7 Å². The summed E-state index contributed by atoms with van der Waals surface area (Å²) in [5.74, 6) is 1.11. The van der Waals surface area contributed by atoms with Gasteiger partial charge in [-0.15, -0.1) is 0 Å². The van der Waals surface area contributed by atoms with Crippen LogP contribution in [0.25, 0.3) is 0 Å². The van der Waals surface area contributed by atoms with Crippen molar-refractivity contribution in [2.75, 3.05) is 0 Å². The molecule has 2 heterocycles. The first-order valence-electron chi connectivity index (χ1n) is 9.31. The highest BCUT2D eigenvalue weighted by atomic mass is 19.1. The van der Waals surface area contributed by atoms with Crippen molar-refractivity contribution >= 4 is 5.91 Å². The Balaban J connectivity index is 1.66. The molecule has 5 nitrogen and oxygen atoms in total. The molecule has 2 aromatic heterocycles. The van der Waals surface area contributed by atoms with Crippen LogP contribution in [0.1, 0.15) is 48.4 Å². The summed E-state index contributed by atoms with van der Waals surface area (Å²) < 4.78 is 25.0. The van der Waals surface area contributed by atoms with Crippen molar-refractivity contribution in [2.45, 2.75) is 45.9 Å². The quantitative estimate of drug-likeness (QED) is 0.656. The van der Waals surface area contributed by atoms with E-state index in [4.69, 9.17) is 8.83 Å². The van der Waals surface area contributed by atoms with E-state index in [-0.39, 0.29) is 23.0 Å². The second kappa shape index (κ2) is 8.44. The summed E-state index contributed by atoms with van der Waals surface area (Å²) in [5, 5.41) is 2.76. The molecule has 148 valence electrons. The average molecular weight is 385 g/mol. The van der Waals surface area contributed by atoms with Crippen molar-refractivity contribution in [3.8, 4) is 0 Å². The van der Waals surface area contributed by atoms with E-state index in [1.165, 1.54) is 6.07 Å². The molecule has 0 aliphatic rings. The van der Waals surface area contributed by atoms with Crippen LogP contribution in [0.15, 0.2) is 63.6 Å². The highest BCUT2D eigenvalue weighted by Gasteiger charge is 2.28. The maximum atomic E-state index is 14.1. The minimum Gasteiger partial charge on any atom is -0.467 e. The van der Waals surface area contributed by atoms with Crippen LogP contribution in [-0.4, -0.2) is 11.4 Å². The third-order valence-electron chi connectivity index (χ3n) is 4.70. The molecule has 0 aliphatic carbocycles. The van der Waals surface area contributed by atoms with Crippen LogP contribution >= 0.6 is 0 Å². The van der Waals surface area contributed by atoms with Gasteiger partial charge >= 0.3 is 0 Å². The molecule has 2 N–H and O–H groups in total. The molecule has 28 heavy (non-hydrogen) atoms. The molecule has 1 unspecified atom stereocenters. The van der Waals surface area contributed by atoms with Crippen molar-refractivity contribution < 1.29 is 22.9 Å². The molecule has 1 amide bonds. The summed E-state index contributed by atoms with van der Waals surface area (Å²) in [6.45, 7) is 7.67. The zero-order chi connectivity index (χ0) is 20.1. The van der Waals surface area contributed by atoms with Gasteiger partial charge in [-0.1, -0.05) is 18.2 Å². The van der Waals surface area contributed by atoms with Gasteiger partial charge in [0.1, 0.15) is 24.7 Å². The summed E-state index contributed by atoms with van der Waals surface area (Å²) in [7, 11) is 0. The van der Waals surface area contributed by atoms with E-state index < -0.39 is 0 Å². The van der Waals surface area contributed by atoms with Crippen LogP contribution in [0.4, 0.5) is 4.39 Å². The SMILES string of the molecule is CC(C)(C)[NH+](Cc1ccc(C(=O)NCc2ccco2)o1)Cc1ccccc1F. The van der Waals surface area contributed by atoms with E-state index in [1.807, 2.05) is 6.07 Å². The number of amides is 1. The van der Waals surface area contributed by atoms with Crippen molar-refractivity contribution in [1.82, 2.24) is 5.32 Å². The van der Waals surface area contributed by atoms with Crippen LogP contribution in [0.5, 0.6) is 0 Å². The van der Waals surface area contributed by atoms with Crippen molar-refractivity contribution in [1.29, 1.82) is 0 Å². The van der Waals surface area contributed by atoms with E-state index in [9.17, 15) is 9.18 Å². The number of furan rings is 2. The standard InChI is InChI=1S/C22H25FN2O3/c1-22(2,3)25(14-16-7-4-5-9-19(16)23)15-18-10-11-20(28-18)21(26)24-13-17-8-6-12-27-17/h4-12H,13-15H2,1-3H3,(H,24,26)/p+1. The Kier molecular flexibility index (Phi) is 5.99. The van der Waals surface area contributed by atoms with E-state index >= 15 is 0 Å². The first-order chi connectivity index (χ1) is 13.3. The molecular weight excluding hydrogens is 359 g/mol. The third kappa shape index (κ3) is 5.10. The first-order valence-corrected chi connectivity index (χ1v) is 9.31. The molecular formula is C22H26FN2O3+. The van der Waals surface area contributed by atoms with Crippen molar-refractivity contribution in [3.05, 3.63) is 83.5 Å². The lowest BCUT2D eigenvalue weighted by Gasteiger charge is -2.32. The van der Waals surface area contributed by atoms with E-state index in [0.29, 0.717) is 36.7 Å². The molecule has 1 atom stereocenters. The molecule has 3 aromatic rings. The molecule has 0 bridgehead atoms. The predicted octanol–water partition coefficient (Wildman–Crippen LogP) is 3.33. The number of benzene rings is 1. The lowest BCUT2D eigenvalue weighted by Crippen LogP contribution is -3.16. The topological polar surface area (TPSA) is 59.8 Å². The minimum atomic E-state index is -0.297. The monoisotopic (exact) mass is 385 g/mol. The van der Waals surface area contributed by atoms with Crippen LogP contribution < -0.4 is 10.2 Å². The molecule has 6 heteroatoms. The molecule has 0 saturated heterocycles. The largest absolute Gasteiger partial charge is 0.467 e. The summed E-state index contributed by atoms with van der Waals surface area (Å²) in [6.07, 6.45) is 1.56. The molecule has 0 aliphatic heterocycles. The van der Waals surface area contributed by atoms with Crippen molar-refractivity contribution in [2.24, 2.45) is 0 Å². The highest BCUT2D eigenvalue weighted by Crippen LogP contribution is 2.10. The van der Waals surface area contributed by atoms with Gasteiger partial charge in [0.25, 0.3) is 5.91 Å². The van der Waals surface area contributed by atoms with E-state index in [0.717, 1.165) is 4.90 Å². The van der Waals surface area contributed by atoms with Crippen LogP contribution in [0.3, 0.4) is 0 Å². The van der Waals surface area contributed by atoms with Gasteiger partial charge in [0.15, 0.2) is 11.5 Å². The van der Waals surface area contributed by atoms with Crippen LogP contribution in [0.2, 0.25) is 0 Å². The zero-order valence-electron chi connectivity index (χ0n) is 16.4. The number of carbonyl (C=O) groups is 1. The van der Waals surface area contributed by atoms with Gasteiger partial charge in [-0.25, -0.2) is 4.39 Å². The maximum Gasteiger partial charge on any atom is 0.287 e. The van der Waals surface area contributed by atoms with Gasteiger partial charge in [-0.2, -0.15) is 0 Å². The maximum absolute atomic E-state index is 14.1. The number of halogens is 1. The molecule has 1 aromatic carbocycles. The normalized spacial score (nSPS) is 12.7. The fourth-order valence-corrected chi connectivity index (χ4v) is 2.94. The fourth-order valence-electron chi connectivity index (χ4n) is 2.94. The molecule has 3 rings (SSSR count). The summed E-state index contributed by atoms with van der Waals surface area (Å²) in [6, 6.07) is 13.8.